The van der Waals surface area contributed by atoms with Crippen LogP contribution in [-0.2, 0) is 0 Å². The molecule has 0 aliphatic heterocycles. The summed E-state index contributed by atoms with van der Waals surface area (Å²) in [6, 6.07) is 0. The van der Waals surface area contributed by atoms with E-state index in [1.54, 1.807) is 5.01 Å². The summed E-state index contributed by atoms with van der Waals surface area (Å²) in [6.07, 6.45) is 4.18. The molecule has 0 fully saturated rings. The minimum atomic E-state index is 0.905. The van der Waals surface area contributed by atoms with Crippen molar-refractivity contribution < 1.29 is 0 Å². The Kier molecular flexibility index (Phi) is 5.54. The van der Waals surface area contributed by atoms with Gasteiger partial charge < -0.3 is 10.7 Å². The fraction of sp³-hybridized carbons (Fsp3) is 0.778. The van der Waals surface area contributed by atoms with Crippen LogP contribution >= 0.6 is 0 Å². The van der Waals surface area contributed by atoms with E-state index in [1.807, 2.05) is 7.05 Å². The van der Waals surface area contributed by atoms with Crippen molar-refractivity contribution in [3.8, 4) is 0 Å². The van der Waals surface area contributed by atoms with Crippen LogP contribution in [0.3, 0.4) is 0 Å². The summed E-state index contributed by atoms with van der Waals surface area (Å²) in [4.78, 5) is 0. The molecule has 12 heavy (non-hydrogen) atoms. The average molecular weight is 171 g/mol. The standard InChI is InChI=1S/C9H21N3/c1-4-6-7-8(10)9(5-2)12(3)11/h4-7,10-11H2,1-3H3/b9-8-. The molecule has 0 aliphatic carbocycles. The van der Waals surface area contributed by atoms with Crippen LogP contribution in [0.2, 0.25) is 0 Å². The Morgan fingerprint density at radius 3 is 2.25 bits per heavy atom. The van der Waals surface area contributed by atoms with E-state index < -0.39 is 0 Å². The number of unbranched alkanes of at least 4 members (excludes halogenated alkanes) is 1. The monoisotopic (exact) mass is 171 g/mol. The number of allylic oxidation sites excluding steroid dienone is 2. The van der Waals surface area contributed by atoms with Crippen LogP contribution in [0.4, 0.5) is 0 Å². The average Bonchev–Trinajstić information content (AvgIpc) is 2.01. The summed E-state index contributed by atoms with van der Waals surface area (Å²) in [5, 5.41) is 1.62. The Balaban J connectivity index is 4.17. The molecule has 0 saturated heterocycles. The molecular formula is C9H21N3. The van der Waals surface area contributed by atoms with E-state index in [0.717, 1.165) is 30.7 Å². The van der Waals surface area contributed by atoms with Crippen LogP contribution in [0.15, 0.2) is 11.4 Å². The predicted molar refractivity (Wildman–Crippen MR) is 53.0 cm³/mol. The summed E-state index contributed by atoms with van der Waals surface area (Å²) < 4.78 is 0. The molecule has 0 unspecified atom stereocenters. The molecule has 4 N–H and O–H groups in total. The third-order valence-electron chi connectivity index (χ3n) is 1.93. The molecule has 72 valence electrons. The van der Waals surface area contributed by atoms with Gasteiger partial charge in [0.1, 0.15) is 0 Å². The predicted octanol–water partition coefficient (Wildman–Crippen LogP) is 1.56. The van der Waals surface area contributed by atoms with Crippen molar-refractivity contribution in [2.45, 2.75) is 39.5 Å². The van der Waals surface area contributed by atoms with E-state index in [1.165, 1.54) is 6.42 Å². The SMILES string of the molecule is CCCC/C(N)=C(\CC)N(C)N. The van der Waals surface area contributed by atoms with Crippen molar-refractivity contribution in [2.24, 2.45) is 11.6 Å². The fourth-order valence-electron chi connectivity index (χ4n) is 1.21. The number of nitrogens with two attached hydrogens (primary N) is 2. The Bertz CT molecular complexity index is 150. The van der Waals surface area contributed by atoms with Crippen molar-refractivity contribution >= 4 is 0 Å². The van der Waals surface area contributed by atoms with Crippen molar-refractivity contribution in [1.82, 2.24) is 5.01 Å². The van der Waals surface area contributed by atoms with Crippen LogP contribution in [-0.4, -0.2) is 12.1 Å². The second-order valence-electron chi connectivity index (χ2n) is 3.04. The molecule has 0 aromatic carbocycles. The maximum atomic E-state index is 5.87. The lowest BCUT2D eigenvalue weighted by molar-refractivity contribution is 0.417. The molecule has 3 heteroatoms. The summed E-state index contributed by atoms with van der Waals surface area (Å²) in [6.45, 7) is 4.22. The highest BCUT2D eigenvalue weighted by Gasteiger charge is 2.02. The summed E-state index contributed by atoms with van der Waals surface area (Å²) >= 11 is 0. The van der Waals surface area contributed by atoms with Crippen molar-refractivity contribution in [2.75, 3.05) is 7.05 Å². The van der Waals surface area contributed by atoms with Gasteiger partial charge in [-0.3, -0.25) is 0 Å². The van der Waals surface area contributed by atoms with E-state index in [-0.39, 0.29) is 0 Å². The minimum absolute atomic E-state index is 0.905. The molecule has 0 bridgehead atoms. The maximum Gasteiger partial charge on any atom is 0.0472 e. The molecule has 3 nitrogen and oxygen atoms in total. The van der Waals surface area contributed by atoms with Gasteiger partial charge in [-0.15, -0.1) is 0 Å². The zero-order valence-corrected chi connectivity index (χ0v) is 8.43. The van der Waals surface area contributed by atoms with Gasteiger partial charge in [0, 0.05) is 18.4 Å². The van der Waals surface area contributed by atoms with E-state index in [0.29, 0.717) is 0 Å². The van der Waals surface area contributed by atoms with Crippen LogP contribution in [0, 0.1) is 0 Å². The third-order valence-corrected chi connectivity index (χ3v) is 1.93. The lowest BCUT2D eigenvalue weighted by Gasteiger charge is -2.18. The molecule has 0 aliphatic rings. The molecule has 0 saturated carbocycles. The van der Waals surface area contributed by atoms with Gasteiger partial charge in [-0.1, -0.05) is 20.3 Å². The quantitative estimate of drug-likeness (QED) is 0.487. The normalized spacial score (nSPS) is 12.7. The number of hydrazine groups is 1. The third kappa shape index (κ3) is 3.62. The molecule has 0 atom stereocenters. The largest absolute Gasteiger partial charge is 0.401 e. The highest BCUT2D eigenvalue weighted by atomic mass is 15.4. The summed E-state index contributed by atoms with van der Waals surface area (Å²) in [5.41, 5.74) is 7.87. The van der Waals surface area contributed by atoms with E-state index in [9.17, 15) is 0 Å². The number of rotatable bonds is 5. The van der Waals surface area contributed by atoms with Gasteiger partial charge >= 0.3 is 0 Å². The van der Waals surface area contributed by atoms with Gasteiger partial charge in [-0.2, -0.15) is 0 Å². The van der Waals surface area contributed by atoms with Crippen molar-refractivity contribution in [1.29, 1.82) is 0 Å². The Hall–Kier alpha value is -0.700. The topological polar surface area (TPSA) is 55.3 Å². The first-order valence-corrected chi connectivity index (χ1v) is 4.59. The Morgan fingerprint density at radius 2 is 1.92 bits per heavy atom. The zero-order valence-electron chi connectivity index (χ0n) is 8.43. The second-order valence-corrected chi connectivity index (χ2v) is 3.04. The fourth-order valence-corrected chi connectivity index (χ4v) is 1.21. The van der Waals surface area contributed by atoms with Gasteiger partial charge in [0.25, 0.3) is 0 Å². The molecule has 0 radical (unpaired) electrons. The molecule has 0 heterocycles. The summed E-state index contributed by atoms with van der Waals surface area (Å²) in [7, 11) is 1.83. The van der Waals surface area contributed by atoms with E-state index in [2.05, 4.69) is 13.8 Å². The highest BCUT2D eigenvalue weighted by Crippen LogP contribution is 2.11. The molecule has 0 amide bonds. The first-order valence-electron chi connectivity index (χ1n) is 4.59. The van der Waals surface area contributed by atoms with Gasteiger partial charge in [0.2, 0.25) is 0 Å². The smallest absolute Gasteiger partial charge is 0.0472 e. The molecule has 0 rings (SSSR count). The Morgan fingerprint density at radius 1 is 1.33 bits per heavy atom. The van der Waals surface area contributed by atoms with Crippen LogP contribution < -0.4 is 11.6 Å². The van der Waals surface area contributed by atoms with Crippen molar-refractivity contribution in [3.05, 3.63) is 11.4 Å². The van der Waals surface area contributed by atoms with Crippen molar-refractivity contribution in [3.63, 3.8) is 0 Å². The van der Waals surface area contributed by atoms with Crippen LogP contribution in [0.25, 0.3) is 0 Å². The molecule has 0 aromatic rings. The number of nitrogens with zero attached hydrogens (tertiary/aromatic N) is 1. The maximum absolute atomic E-state index is 5.87. The van der Waals surface area contributed by atoms with Gasteiger partial charge in [0.05, 0.1) is 0 Å². The van der Waals surface area contributed by atoms with Crippen LogP contribution in [0.5, 0.6) is 0 Å². The molecule has 0 aromatic heterocycles. The van der Waals surface area contributed by atoms with E-state index >= 15 is 0 Å². The first-order chi connectivity index (χ1) is 5.63. The molecule has 0 spiro atoms. The summed E-state index contributed by atoms with van der Waals surface area (Å²) in [5.74, 6) is 5.62. The number of hydrogen-bond acceptors (Lipinski definition) is 3. The lowest BCUT2D eigenvalue weighted by atomic mass is 10.1. The first kappa shape index (κ1) is 11.3. The van der Waals surface area contributed by atoms with Gasteiger partial charge in [-0.25, -0.2) is 5.84 Å². The van der Waals surface area contributed by atoms with Gasteiger partial charge in [-0.05, 0) is 19.3 Å². The number of hydrogen-bond donors (Lipinski definition) is 2. The van der Waals surface area contributed by atoms with Gasteiger partial charge in [0.15, 0.2) is 0 Å². The lowest BCUT2D eigenvalue weighted by Crippen LogP contribution is -2.27. The second kappa shape index (κ2) is 5.89. The zero-order chi connectivity index (χ0) is 9.56. The van der Waals surface area contributed by atoms with E-state index in [4.69, 9.17) is 11.6 Å². The minimum Gasteiger partial charge on any atom is -0.401 e. The van der Waals surface area contributed by atoms with Crippen LogP contribution in [0.1, 0.15) is 39.5 Å². The Labute approximate surface area is 75.4 Å². The highest BCUT2D eigenvalue weighted by molar-refractivity contribution is 5.08. The molecular weight excluding hydrogens is 150 g/mol.